The van der Waals surface area contributed by atoms with Crippen LogP contribution in [0.2, 0.25) is 5.02 Å². The van der Waals surface area contributed by atoms with Crippen LogP contribution in [0, 0.1) is 0 Å². The molecule has 0 radical (unpaired) electrons. The fourth-order valence-corrected chi connectivity index (χ4v) is 3.95. The summed E-state index contributed by atoms with van der Waals surface area (Å²) in [5, 5.41) is 3.84. The second-order valence-corrected chi connectivity index (χ2v) is 7.52. The summed E-state index contributed by atoms with van der Waals surface area (Å²) in [5.41, 5.74) is 3.06. The predicted molar refractivity (Wildman–Crippen MR) is 119 cm³/mol. The fourth-order valence-electron chi connectivity index (χ4n) is 3.68. The molecule has 5 nitrogen and oxygen atoms in total. The molecule has 0 bridgehead atoms. The number of carbonyl (C=O) groups excluding carboxylic acids is 1. The molecule has 2 aromatic carbocycles. The Hall–Kier alpha value is -2.37. The first-order chi connectivity index (χ1) is 14.1. The van der Waals surface area contributed by atoms with Crippen molar-refractivity contribution in [1.82, 2.24) is 20.2 Å². The maximum absolute atomic E-state index is 12.4. The van der Waals surface area contributed by atoms with Crippen molar-refractivity contribution in [2.75, 3.05) is 19.6 Å². The van der Waals surface area contributed by atoms with E-state index in [1.165, 1.54) is 0 Å². The third-order valence-electron chi connectivity index (χ3n) is 5.27. The Balaban J connectivity index is 1.53. The Morgan fingerprint density at radius 3 is 2.59 bits per heavy atom. The number of hydrogen-bond donors (Lipinski definition) is 2. The number of carbonyl (C=O) groups is 1. The monoisotopic (exact) mass is 412 g/mol. The summed E-state index contributed by atoms with van der Waals surface area (Å²) in [4.78, 5) is 22.6. The molecule has 1 unspecified atom stereocenters. The van der Waals surface area contributed by atoms with Crippen LogP contribution in [0.1, 0.15) is 44.1 Å². The molecule has 0 aliphatic rings. The van der Waals surface area contributed by atoms with Crippen molar-refractivity contribution in [2.45, 2.75) is 39.2 Å². The molecule has 0 aliphatic heterocycles. The minimum Gasteiger partial charge on any atom is -0.354 e. The van der Waals surface area contributed by atoms with Gasteiger partial charge in [0.25, 0.3) is 0 Å². The first-order valence-electron chi connectivity index (χ1n) is 10.3. The number of imidazole rings is 1. The average molecular weight is 413 g/mol. The number of likely N-dealkylation sites (N-methyl/N-ethyl adjacent to an activating group) is 1. The second-order valence-electron chi connectivity index (χ2n) is 7.12. The quantitative estimate of drug-likeness (QED) is 0.505. The highest BCUT2D eigenvalue weighted by atomic mass is 35.5. The average Bonchev–Trinajstić information content (AvgIpc) is 3.14. The normalized spacial score (nSPS) is 12.4. The van der Waals surface area contributed by atoms with Crippen LogP contribution in [0.4, 0.5) is 0 Å². The number of rotatable bonds is 10. The van der Waals surface area contributed by atoms with Gasteiger partial charge in [-0.2, -0.15) is 0 Å². The summed E-state index contributed by atoms with van der Waals surface area (Å²) in [6, 6.07) is 15.9. The summed E-state index contributed by atoms with van der Waals surface area (Å²) in [6.45, 7) is 6.60. The largest absolute Gasteiger partial charge is 0.354 e. The van der Waals surface area contributed by atoms with Crippen LogP contribution in [0.5, 0.6) is 0 Å². The van der Waals surface area contributed by atoms with Crippen molar-refractivity contribution >= 4 is 28.5 Å². The van der Waals surface area contributed by atoms with Crippen LogP contribution in [-0.2, 0) is 11.2 Å². The van der Waals surface area contributed by atoms with Gasteiger partial charge in [0.15, 0.2) is 0 Å². The smallest absolute Gasteiger partial charge is 0.220 e. The van der Waals surface area contributed by atoms with Gasteiger partial charge in [-0.1, -0.05) is 55.8 Å². The molecular formula is C23H29ClN4O. The van der Waals surface area contributed by atoms with Crippen LogP contribution in [0.25, 0.3) is 11.0 Å². The zero-order chi connectivity index (χ0) is 20.6. The topological polar surface area (TPSA) is 61.0 Å². The summed E-state index contributed by atoms with van der Waals surface area (Å²) >= 11 is 6.43. The van der Waals surface area contributed by atoms with E-state index < -0.39 is 0 Å². The van der Waals surface area contributed by atoms with E-state index in [9.17, 15) is 4.79 Å². The van der Waals surface area contributed by atoms with Crippen LogP contribution >= 0.6 is 11.6 Å². The summed E-state index contributed by atoms with van der Waals surface area (Å²) in [5.74, 6) is 0.987. The lowest BCUT2D eigenvalue weighted by atomic mass is 10.0. The molecule has 3 aromatic rings. The molecular weight excluding hydrogens is 384 g/mol. The van der Waals surface area contributed by atoms with E-state index in [2.05, 4.69) is 34.0 Å². The lowest BCUT2D eigenvalue weighted by Gasteiger charge is -2.31. The van der Waals surface area contributed by atoms with Gasteiger partial charge in [0.2, 0.25) is 5.91 Å². The third kappa shape index (κ3) is 5.58. The molecule has 1 aromatic heterocycles. The van der Waals surface area contributed by atoms with Gasteiger partial charge >= 0.3 is 0 Å². The molecule has 1 atom stereocenters. The maximum atomic E-state index is 12.4. The van der Waals surface area contributed by atoms with Gasteiger partial charge in [0.05, 0.1) is 17.1 Å². The molecule has 0 fully saturated rings. The van der Waals surface area contributed by atoms with Crippen molar-refractivity contribution < 1.29 is 4.79 Å². The van der Waals surface area contributed by atoms with Gasteiger partial charge in [-0.15, -0.1) is 0 Å². The van der Waals surface area contributed by atoms with Crippen molar-refractivity contribution in [3.63, 3.8) is 0 Å². The van der Waals surface area contributed by atoms with E-state index in [4.69, 9.17) is 11.6 Å². The number of benzene rings is 2. The zero-order valence-corrected chi connectivity index (χ0v) is 17.9. The number of para-hydroxylation sites is 2. The Kier molecular flexibility index (Phi) is 7.67. The Morgan fingerprint density at radius 1 is 1.14 bits per heavy atom. The summed E-state index contributed by atoms with van der Waals surface area (Å²) in [6.07, 6.45) is 1.99. The maximum Gasteiger partial charge on any atom is 0.220 e. The lowest BCUT2D eigenvalue weighted by molar-refractivity contribution is -0.121. The molecule has 3 rings (SSSR count). The lowest BCUT2D eigenvalue weighted by Crippen LogP contribution is -2.38. The standard InChI is InChI=1S/C23H29ClN4O/c1-3-28(4-2)21(17-10-5-6-11-18(17)24)16-25-23(29)15-9-14-22-26-19-12-7-8-13-20(19)27-22/h5-8,10-13,21H,3-4,9,14-16H2,1-2H3,(H,25,29)(H,26,27). The molecule has 2 N–H and O–H groups in total. The number of aryl methyl sites for hydroxylation is 1. The highest BCUT2D eigenvalue weighted by Crippen LogP contribution is 2.27. The first-order valence-corrected chi connectivity index (χ1v) is 10.7. The molecule has 0 saturated heterocycles. The molecule has 1 heterocycles. The molecule has 0 aliphatic carbocycles. The van der Waals surface area contributed by atoms with Gasteiger partial charge in [-0.25, -0.2) is 4.98 Å². The van der Waals surface area contributed by atoms with E-state index >= 15 is 0 Å². The van der Waals surface area contributed by atoms with Crippen molar-refractivity contribution in [3.05, 3.63) is 64.9 Å². The zero-order valence-electron chi connectivity index (χ0n) is 17.1. The molecule has 29 heavy (non-hydrogen) atoms. The van der Waals surface area contributed by atoms with Gasteiger partial charge in [-0.05, 0) is 43.3 Å². The predicted octanol–water partition coefficient (Wildman–Crippen LogP) is 4.74. The fraction of sp³-hybridized carbons (Fsp3) is 0.391. The van der Waals surface area contributed by atoms with E-state index in [-0.39, 0.29) is 11.9 Å². The second kappa shape index (κ2) is 10.4. The molecule has 1 amide bonds. The number of nitrogens with one attached hydrogen (secondary N) is 2. The Morgan fingerprint density at radius 2 is 1.86 bits per heavy atom. The Labute approximate surface area is 177 Å². The number of aromatic amines is 1. The van der Waals surface area contributed by atoms with E-state index in [0.29, 0.717) is 13.0 Å². The highest BCUT2D eigenvalue weighted by molar-refractivity contribution is 6.31. The molecule has 6 heteroatoms. The highest BCUT2D eigenvalue weighted by Gasteiger charge is 2.21. The molecule has 0 saturated carbocycles. The van der Waals surface area contributed by atoms with Crippen LogP contribution in [0.3, 0.4) is 0 Å². The van der Waals surface area contributed by atoms with Gasteiger partial charge in [0.1, 0.15) is 5.82 Å². The minimum absolute atomic E-state index is 0.0605. The van der Waals surface area contributed by atoms with Crippen LogP contribution in [-0.4, -0.2) is 40.4 Å². The Bertz CT molecular complexity index is 902. The van der Waals surface area contributed by atoms with E-state index in [1.807, 2.05) is 48.5 Å². The summed E-state index contributed by atoms with van der Waals surface area (Å²) in [7, 11) is 0. The number of fused-ring (bicyclic) bond motifs is 1. The number of hydrogen-bond acceptors (Lipinski definition) is 3. The van der Waals surface area contributed by atoms with Crippen LogP contribution in [0.15, 0.2) is 48.5 Å². The number of amides is 1. The molecule has 0 spiro atoms. The van der Waals surface area contributed by atoms with Gasteiger partial charge in [-0.3, -0.25) is 9.69 Å². The number of halogens is 1. The van der Waals surface area contributed by atoms with Gasteiger partial charge < -0.3 is 10.3 Å². The van der Waals surface area contributed by atoms with E-state index in [0.717, 1.165) is 53.4 Å². The third-order valence-corrected chi connectivity index (χ3v) is 5.61. The van der Waals surface area contributed by atoms with E-state index in [1.54, 1.807) is 0 Å². The SMILES string of the molecule is CCN(CC)C(CNC(=O)CCCc1nc2ccccc2[nH]1)c1ccccc1Cl. The van der Waals surface area contributed by atoms with Gasteiger partial charge in [0, 0.05) is 24.4 Å². The van der Waals surface area contributed by atoms with Crippen molar-refractivity contribution in [3.8, 4) is 0 Å². The number of nitrogens with zero attached hydrogens (tertiary/aromatic N) is 2. The molecule has 154 valence electrons. The van der Waals surface area contributed by atoms with Crippen molar-refractivity contribution in [1.29, 1.82) is 0 Å². The first kappa shape index (κ1) is 21.3. The number of aromatic nitrogens is 2. The minimum atomic E-state index is 0.0605. The van der Waals surface area contributed by atoms with Crippen molar-refractivity contribution in [2.24, 2.45) is 0 Å². The summed E-state index contributed by atoms with van der Waals surface area (Å²) < 4.78 is 0. The van der Waals surface area contributed by atoms with Crippen LogP contribution < -0.4 is 5.32 Å². The number of H-pyrrole nitrogens is 1.